The number of benzene rings is 1. The first-order valence-corrected chi connectivity index (χ1v) is 21.0. The van der Waals surface area contributed by atoms with Crippen LogP contribution in [0.2, 0.25) is 36.3 Å². The molecule has 3 rings (SSSR count). The van der Waals surface area contributed by atoms with E-state index in [0.717, 1.165) is 42.5 Å². The summed E-state index contributed by atoms with van der Waals surface area (Å²) in [4.78, 5) is 0. The summed E-state index contributed by atoms with van der Waals surface area (Å²) in [5.41, 5.74) is 3.84. The summed E-state index contributed by atoms with van der Waals surface area (Å²) < 4.78 is 21.3. The molecular formula is C33H58O3Si2. The van der Waals surface area contributed by atoms with Crippen LogP contribution in [0, 0.1) is 5.92 Å². The summed E-state index contributed by atoms with van der Waals surface area (Å²) in [6.07, 6.45) is 8.60. The van der Waals surface area contributed by atoms with Gasteiger partial charge in [-0.1, -0.05) is 67.4 Å². The van der Waals surface area contributed by atoms with Crippen LogP contribution in [0.15, 0.2) is 23.8 Å². The molecule has 0 amide bonds. The first-order chi connectivity index (χ1) is 18.1. The van der Waals surface area contributed by atoms with Crippen molar-refractivity contribution in [2.45, 2.75) is 155 Å². The van der Waals surface area contributed by atoms with E-state index in [1.165, 1.54) is 54.1 Å². The molecule has 0 aromatic heterocycles. The van der Waals surface area contributed by atoms with E-state index in [0.29, 0.717) is 11.8 Å². The maximum Gasteiger partial charge on any atom is 0.250 e. The predicted octanol–water partition coefficient (Wildman–Crippen LogP) is 10.4. The third-order valence-corrected chi connectivity index (χ3v) is 19.4. The maximum absolute atomic E-state index is 7.21. The van der Waals surface area contributed by atoms with Gasteiger partial charge in [-0.25, -0.2) is 0 Å². The molecule has 3 nitrogen and oxygen atoms in total. The lowest BCUT2D eigenvalue weighted by molar-refractivity contribution is -0.00689. The molecule has 0 saturated heterocycles. The average molecular weight is 559 g/mol. The van der Waals surface area contributed by atoms with E-state index in [2.05, 4.69) is 87.4 Å². The lowest BCUT2D eigenvalue weighted by atomic mass is 9.67. The number of fused-ring (bicyclic) bond motifs is 3. The Bertz CT molecular complexity index is 929. The number of allylic oxidation sites excluding steroid dienone is 1. The predicted molar refractivity (Wildman–Crippen MR) is 169 cm³/mol. The lowest BCUT2D eigenvalue weighted by Crippen LogP contribution is -2.50. The molecule has 1 aromatic carbocycles. The number of aryl methyl sites for hydroxylation is 1. The van der Waals surface area contributed by atoms with Gasteiger partial charge in [0, 0.05) is 17.4 Å². The zero-order chi connectivity index (χ0) is 28.1. The molecule has 0 spiro atoms. The van der Waals surface area contributed by atoms with Crippen LogP contribution >= 0.6 is 0 Å². The van der Waals surface area contributed by atoms with Gasteiger partial charge in [0.2, 0.25) is 8.32 Å². The van der Waals surface area contributed by atoms with Crippen molar-refractivity contribution in [1.82, 2.24) is 0 Å². The van der Waals surface area contributed by atoms with Crippen molar-refractivity contribution in [3.8, 4) is 11.5 Å². The van der Waals surface area contributed by atoms with Crippen LogP contribution in [0.3, 0.4) is 0 Å². The Kier molecular flexibility index (Phi) is 10.8. The summed E-state index contributed by atoms with van der Waals surface area (Å²) in [5, 5.41) is 0. The molecule has 38 heavy (non-hydrogen) atoms. The van der Waals surface area contributed by atoms with Gasteiger partial charge in [0.05, 0.1) is 6.10 Å². The van der Waals surface area contributed by atoms with Crippen LogP contribution in [0.25, 0.3) is 0 Å². The molecule has 1 aromatic rings. The highest BCUT2D eigenvalue weighted by Crippen LogP contribution is 2.55. The van der Waals surface area contributed by atoms with Gasteiger partial charge in [0.25, 0.3) is 0 Å². The summed E-state index contributed by atoms with van der Waals surface area (Å²) in [6, 6.07) is 11.8. The average Bonchev–Trinajstić information content (AvgIpc) is 2.90. The monoisotopic (exact) mass is 558 g/mol. The Hall–Kier alpha value is -1.05. The van der Waals surface area contributed by atoms with E-state index < -0.39 is 16.6 Å². The van der Waals surface area contributed by atoms with Gasteiger partial charge >= 0.3 is 0 Å². The lowest BCUT2D eigenvalue weighted by Gasteiger charge is -2.50. The minimum absolute atomic E-state index is 0.209. The zero-order valence-electron chi connectivity index (χ0n) is 26.5. The van der Waals surface area contributed by atoms with E-state index in [1.807, 2.05) is 0 Å². The standard InChI is InChI=1S/C33H58O3Si2/c1-11-18-19-20-26-22-30-32(31(23-26)36-38(15-5,16-6)17-7)27-21-25(8)29(24-28(27)33(9,10)34-30)35-37(12-2,13-3)14-4/h21-23,27-29H,11-20,24H2,1-10H3/t27-,28-,29+/m1/s1. The molecule has 1 aliphatic heterocycles. The number of rotatable bonds is 14. The minimum atomic E-state index is -1.84. The van der Waals surface area contributed by atoms with Gasteiger partial charge in [0.1, 0.15) is 17.1 Å². The molecule has 1 aliphatic carbocycles. The first kappa shape index (κ1) is 31.5. The second kappa shape index (κ2) is 13.1. The smallest absolute Gasteiger partial charge is 0.250 e. The highest BCUT2D eigenvalue weighted by atomic mass is 28.4. The second-order valence-electron chi connectivity index (χ2n) is 12.6. The molecule has 2 aliphatic rings. The number of hydrogen-bond donors (Lipinski definition) is 0. The Morgan fingerprint density at radius 2 is 1.47 bits per heavy atom. The van der Waals surface area contributed by atoms with Crippen LogP contribution < -0.4 is 9.16 Å². The second-order valence-corrected chi connectivity index (χ2v) is 22.1. The summed E-state index contributed by atoms with van der Waals surface area (Å²) in [7, 11) is -3.55. The van der Waals surface area contributed by atoms with Gasteiger partial charge in [-0.2, -0.15) is 0 Å². The van der Waals surface area contributed by atoms with E-state index in [9.17, 15) is 0 Å². The van der Waals surface area contributed by atoms with E-state index in [-0.39, 0.29) is 11.7 Å². The fraction of sp³-hybridized carbons (Fsp3) is 0.758. The van der Waals surface area contributed by atoms with Crippen LogP contribution in [0.4, 0.5) is 0 Å². The Labute approximate surface area is 237 Å². The topological polar surface area (TPSA) is 27.7 Å². The van der Waals surface area contributed by atoms with Gasteiger partial charge in [-0.3, -0.25) is 0 Å². The number of hydrogen-bond acceptors (Lipinski definition) is 3. The molecule has 0 unspecified atom stereocenters. The van der Waals surface area contributed by atoms with Crippen molar-refractivity contribution in [3.05, 3.63) is 34.9 Å². The van der Waals surface area contributed by atoms with Crippen molar-refractivity contribution < 1.29 is 13.6 Å². The van der Waals surface area contributed by atoms with E-state index >= 15 is 0 Å². The molecule has 0 bridgehead atoms. The van der Waals surface area contributed by atoms with Crippen molar-refractivity contribution in [2.24, 2.45) is 5.92 Å². The van der Waals surface area contributed by atoms with Crippen LogP contribution in [0.5, 0.6) is 11.5 Å². The summed E-state index contributed by atoms with van der Waals surface area (Å²) in [5.74, 6) is 2.87. The SMILES string of the molecule is CCCCCc1cc2c(c(O[Si](CC)(CC)CC)c1)[C@@H]1C=C(C)[C@@H](O[Si](CC)(CC)CC)C[C@H]1C(C)(C)O2. The molecule has 0 saturated carbocycles. The summed E-state index contributed by atoms with van der Waals surface area (Å²) >= 11 is 0. The molecule has 0 fully saturated rings. The molecule has 0 radical (unpaired) electrons. The highest BCUT2D eigenvalue weighted by molar-refractivity contribution is 6.74. The summed E-state index contributed by atoms with van der Waals surface area (Å²) in [6.45, 7) is 23.2. The van der Waals surface area contributed by atoms with Gasteiger partial charge in [0.15, 0.2) is 8.32 Å². The highest BCUT2D eigenvalue weighted by Gasteiger charge is 2.49. The first-order valence-electron chi connectivity index (χ1n) is 16.0. The molecule has 3 atom stereocenters. The maximum atomic E-state index is 7.21. The van der Waals surface area contributed by atoms with Crippen molar-refractivity contribution >= 4 is 16.6 Å². The Morgan fingerprint density at radius 3 is 2.03 bits per heavy atom. The van der Waals surface area contributed by atoms with E-state index in [4.69, 9.17) is 13.6 Å². The fourth-order valence-corrected chi connectivity index (χ4v) is 12.4. The Balaban J connectivity index is 2.11. The molecule has 1 heterocycles. The minimum Gasteiger partial charge on any atom is -0.543 e. The number of ether oxygens (including phenoxy) is 1. The van der Waals surface area contributed by atoms with Gasteiger partial charge in [-0.05, 0) is 99.6 Å². The zero-order valence-corrected chi connectivity index (χ0v) is 28.5. The van der Waals surface area contributed by atoms with Crippen LogP contribution in [0.1, 0.15) is 112 Å². The molecule has 216 valence electrons. The van der Waals surface area contributed by atoms with Crippen molar-refractivity contribution in [3.63, 3.8) is 0 Å². The quantitative estimate of drug-likeness (QED) is 0.129. The van der Waals surface area contributed by atoms with Gasteiger partial charge < -0.3 is 13.6 Å². The molecule has 0 N–H and O–H groups in total. The normalized spacial score (nSPS) is 22.8. The van der Waals surface area contributed by atoms with E-state index in [1.54, 1.807) is 0 Å². The largest absolute Gasteiger partial charge is 0.543 e. The molecular weight excluding hydrogens is 501 g/mol. The van der Waals surface area contributed by atoms with Crippen LogP contribution in [-0.4, -0.2) is 28.3 Å². The van der Waals surface area contributed by atoms with Crippen LogP contribution in [-0.2, 0) is 10.8 Å². The van der Waals surface area contributed by atoms with Crippen molar-refractivity contribution in [2.75, 3.05) is 0 Å². The molecule has 5 heteroatoms. The third kappa shape index (κ3) is 6.46. The third-order valence-electron chi connectivity index (χ3n) is 10.3. The Morgan fingerprint density at radius 1 is 0.868 bits per heavy atom. The fourth-order valence-electron chi connectivity index (χ4n) is 6.95. The van der Waals surface area contributed by atoms with Gasteiger partial charge in [-0.15, -0.1) is 0 Å². The number of unbranched alkanes of at least 4 members (excludes halogenated alkanes) is 2. The van der Waals surface area contributed by atoms with Crippen molar-refractivity contribution in [1.29, 1.82) is 0 Å².